The van der Waals surface area contributed by atoms with Gasteiger partial charge in [0.1, 0.15) is 16.7 Å². The highest BCUT2D eigenvalue weighted by Crippen LogP contribution is 2.42. The Labute approximate surface area is 219 Å². The van der Waals surface area contributed by atoms with E-state index in [-0.39, 0.29) is 12.3 Å². The van der Waals surface area contributed by atoms with Gasteiger partial charge in [0, 0.05) is 6.20 Å². The molecule has 1 unspecified atom stereocenters. The maximum absolute atomic E-state index is 12.8. The lowest BCUT2D eigenvalue weighted by Crippen LogP contribution is -2.39. The average Bonchev–Trinajstić information content (AvgIpc) is 3.36. The van der Waals surface area contributed by atoms with Crippen molar-refractivity contribution in [1.82, 2.24) is 9.55 Å². The molecular formula is C32H36N2O3. The lowest BCUT2D eigenvalue weighted by Gasteiger charge is -2.37. The highest BCUT2D eigenvalue weighted by Gasteiger charge is 2.43. The highest BCUT2D eigenvalue weighted by atomic mass is 16.6. The van der Waals surface area contributed by atoms with Crippen LogP contribution >= 0.6 is 0 Å². The molecule has 1 aromatic heterocycles. The van der Waals surface area contributed by atoms with Gasteiger partial charge >= 0.3 is 5.97 Å². The lowest BCUT2D eigenvalue weighted by atomic mass is 9.76. The Morgan fingerprint density at radius 2 is 1.27 bits per heavy atom. The number of esters is 1. The van der Waals surface area contributed by atoms with Crippen molar-refractivity contribution >= 4 is 5.97 Å². The van der Waals surface area contributed by atoms with Crippen LogP contribution in [-0.2, 0) is 20.7 Å². The summed E-state index contributed by atoms with van der Waals surface area (Å²) >= 11 is 0. The number of nitrogens with zero attached hydrogens (tertiary/aromatic N) is 2. The third kappa shape index (κ3) is 5.23. The lowest BCUT2D eigenvalue weighted by molar-refractivity contribution is -0.163. The molecule has 0 fully saturated rings. The van der Waals surface area contributed by atoms with E-state index < -0.39 is 22.7 Å². The summed E-state index contributed by atoms with van der Waals surface area (Å²) < 4.78 is 7.60. The largest absolute Gasteiger partial charge is 0.460 e. The number of benzene rings is 3. The molecule has 0 bridgehead atoms. The molecule has 1 heterocycles. The minimum Gasteiger partial charge on any atom is -0.460 e. The van der Waals surface area contributed by atoms with Crippen LogP contribution in [-0.4, -0.2) is 26.2 Å². The second kappa shape index (κ2) is 10.3. The molecule has 0 aliphatic rings. The number of hydrogen-bond donors (Lipinski definition) is 1. The van der Waals surface area contributed by atoms with Crippen LogP contribution in [0.3, 0.4) is 0 Å². The van der Waals surface area contributed by atoms with Crippen LogP contribution in [0.1, 0.15) is 63.4 Å². The number of hydrogen-bond acceptors (Lipinski definition) is 4. The zero-order valence-corrected chi connectivity index (χ0v) is 22.3. The van der Waals surface area contributed by atoms with E-state index in [0.29, 0.717) is 5.69 Å². The fraction of sp³-hybridized carbons (Fsp3) is 0.312. The van der Waals surface area contributed by atoms with Crippen LogP contribution in [0.2, 0.25) is 0 Å². The van der Waals surface area contributed by atoms with Gasteiger partial charge < -0.3 is 14.4 Å². The van der Waals surface area contributed by atoms with E-state index in [2.05, 4.69) is 36.4 Å². The van der Waals surface area contributed by atoms with Gasteiger partial charge in [0.05, 0.1) is 18.4 Å². The Kier molecular flexibility index (Phi) is 7.37. The minimum absolute atomic E-state index is 0.187. The van der Waals surface area contributed by atoms with E-state index in [4.69, 9.17) is 9.72 Å². The summed E-state index contributed by atoms with van der Waals surface area (Å²) in [5.41, 5.74) is 0.699. The number of aromatic nitrogens is 2. The SMILES string of the molecule is CC(C)C(O)(CC(=O)OC(C)(C)C)c1cn(C(c2ccccc2)(c2ccccc2)c2ccccc2)cn1. The molecule has 0 aliphatic carbocycles. The van der Waals surface area contributed by atoms with E-state index >= 15 is 0 Å². The second-order valence-corrected chi connectivity index (χ2v) is 10.8. The van der Waals surface area contributed by atoms with Crippen molar-refractivity contribution in [1.29, 1.82) is 0 Å². The molecule has 4 aromatic rings. The molecular weight excluding hydrogens is 460 g/mol. The normalized spacial score (nSPS) is 13.8. The van der Waals surface area contributed by atoms with Crippen LogP contribution in [0.25, 0.3) is 0 Å². The Morgan fingerprint density at radius 3 is 1.65 bits per heavy atom. The molecule has 4 rings (SSSR count). The Hall–Kier alpha value is -3.70. The van der Waals surface area contributed by atoms with Crippen molar-refractivity contribution in [2.24, 2.45) is 5.92 Å². The van der Waals surface area contributed by atoms with Gasteiger partial charge in [-0.05, 0) is 43.4 Å². The van der Waals surface area contributed by atoms with Crippen LogP contribution in [0.15, 0.2) is 104 Å². The molecule has 1 N–H and O–H groups in total. The molecule has 5 heteroatoms. The number of carbonyl (C=O) groups excluding carboxylic acids is 1. The summed E-state index contributed by atoms with van der Waals surface area (Å²) in [7, 11) is 0. The monoisotopic (exact) mass is 496 g/mol. The summed E-state index contributed by atoms with van der Waals surface area (Å²) in [6.07, 6.45) is 3.44. The topological polar surface area (TPSA) is 64.3 Å². The molecule has 0 aliphatic heterocycles. The Balaban J connectivity index is 1.92. The standard InChI is InChI=1S/C32H36N2O3/c1-24(2)31(36,21-29(35)37-30(3,4)5)28-22-34(23-33-28)32(25-15-9-6-10-16-25,26-17-11-7-12-18-26)27-19-13-8-14-20-27/h6-20,22-24,36H,21H2,1-5H3. The predicted octanol–water partition coefficient (Wildman–Crippen LogP) is 6.30. The summed E-state index contributed by atoms with van der Waals surface area (Å²) in [5.74, 6) is -0.735. The minimum atomic E-state index is -1.50. The van der Waals surface area contributed by atoms with Gasteiger partial charge in [-0.3, -0.25) is 4.79 Å². The zero-order chi connectivity index (χ0) is 26.7. The van der Waals surface area contributed by atoms with E-state index in [1.165, 1.54) is 0 Å². The first-order chi connectivity index (χ1) is 17.6. The van der Waals surface area contributed by atoms with E-state index in [0.717, 1.165) is 16.7 Å². The van der Waals surface area contributed by atoms with Crippen LogP contribution < -0.4 is 0 Å². The second-order valence-electron chi connectivity index (χ2n) is 10.8. The van der Waals surface area contributed by atoms with Crippen LogP contribution in [0.5, 0.6) is 0 Å². The molecule has 192 valence electrons. The van der Waals surface area contributed by atoms with Gasteiger partial charge in [0.25, 0.3) is 0 Å². The highest BCUT2D eigenvalue weighted by molar-refractivity contribution is 5.71. The van der Waals surface area contributed by atoms with Gasteiger partial charge in [-0.1, -0.05) is 105 Å². The van der Waals surface area contributed by atoms with Crippen molar-refractivity contribution in [3.8, 4) is 0 Å². The van der Waals surface area contributed by atoms with E-state index in [9.17, 15) is 9.90 Å². The van der Waals surface area contributed by atoms with Gasteiger partial charge in [-0.15, -0.1) is 0 Å². The molecule has 0 radical (unpaired) electrons. The fourth-order valence-corrected chi connectivity index (χ4v) is 4.90. The Bertz CT molecular complexity index is 1210. The number of rotatable bonds is 8. The van der Waals surface area contributed by atoms with Crippen molar-refractivity contribution in [2.45, 2.75) is 57.8 Å². The van der Waals surface area contributed by atoms with Crippen molar-refractivity contribution in [3.05, 3.63) is 126 Å². The molecule has 3 aromatic carbocycles. The summed E-state index contributed by atoms with van der Waals surface area (Å²) in [6, 6.07) is 30.8. The summed E-state index contributed by atoms with van der Waals surface area (Å²) in [5, 5.41) is 11.8. The van der Waals surface area contributed by atoms with Crippen LogP contribution in [0, 0.1) is 5.92 Å². The first-order valence-corrected chi connectivity index (χ1v) is 12.7. The molecule has 1 atom stereocenters. The van der Waals surface area contributed by atoms with Gasteiger partial charge in [-0.2, -0.15) is 0 Å². The quantitative estimate of drug-likeness (QED) is 0.230. The number of aliphatic hydroxyl groups is 1. The van der Waals surface area contributed by atoms with Gasteiger partial charge in [-0.25, -0.2) is 4.98 Å². The summed E-state index contributed by atoms with van der Waals surface area (Å²) in [4.78, 5) is 17.5. The maximum Gasteiger partial charge on any atom is 0.309 e. The first kappa shape index (κ1) is 26.4. The van der Waals surface area contributed by atoms with Gasteiger partial charge in [0.15, 0.2) is 0 Å². The number of carbonyl (C=O) groups is 1. The van der Waals surface area contributed by atoms with Crippen LogP contribution in [0.4, 0.5) is 0 Å². The predicted molar refractivity (Wildman–Crippen MR) is 146 cm³/mol. The van der Waals surface area contributed by atoms with Crippen molar-refractivity contribution < 1.29 is 14.6 Å². The maximum atomic E-state index is 12.8. The van der Waals surface area contributed by atoms with E-state index in [1.807, 2.05) is 100.0 Å². The van der Waals surface area contributed by atoms with Gasteiger partial charge in [0.2, 0.25) is 0 Å². The molecule has 0 saturated carbocycles. The first-order valence-electron chi connectivity index (χ1n) is 12.7. The molecule has 0 saturated heterocycles. The third-order valence-corrected chi connectivity index (χ3v) is 6.78. The Morgan fingerprint density at radius 1 is 0.838 bits per heavy atom. The summed E-state index contributed by atoms with van der Waals surface area (Å²) in [6.45, 7) is 9.25. The number of imidazole rings is 1. The van der Waals surface area contributed by atoms with Crippen molar-refractivity contribution in [2.75, 3.05) is 0 Å². The smallest absolute Gasteiger partial charge is 0.309 e. The molecule has 0 amide bonds. The molecule has 5 nitrogen and oxygen atoms in total. The van der Waals surface area contributed by atoms with E-state index in [1.54, 1.807) is 6.33 Å². The zero-order valence-electron chi connectivity index (χ0n) is 22.3. The molecule has 0 spiro atoms. The third-order valence-electron chi connectivity index (χ3n) is 6.78. The average molecular weight is 497 g/mol. The van der Waals surface area contributed by atoms with Crippen molar-refractivity contribution in [3.63, 3.8) is 0 Å². The molecule has 37 heavy (non-hydrogen) atoms. The fourth-order valence-electron chi connectivity index (χ4n) is 4.90. The number of ether oxygens (including phenoxy) is 1.